The first-order valence-electron chi connectivity index (χ1n) is 9.96. The lowest BCUT2D eigenvalue weighted by atomic mass is 9.53. The molecule has 0 radical (unpaired) electrons. The van der Waals surface area contributed by atoms with Crippen molar-refractivity contribution in [3.63, 3.8) is 0 Å². The molecule has 28 heavy (non-hydrogen) atoms. The van der Waals surface area contributed by atoms with Crippen molar-refractivity contribution < 1.29 is 28.6 Å². The van der Waals surface area contributed by atoms with E-state index in [4.69, 9.17) is 14.2 Å². The summed E-state index contributed by atoms with van der Waals surface area (Å²) < 4.78 is 17.1. The second-order valence-electron chi connectivity index (χ2n) is 8.76. The summed E-state index contributed by atoms with van der Waals surface area (Å²) in [6, 6.07) is 0. The van der Waals surface area contributed by atoms with Crippen molar-refractivity contribution in [3.8, 4) is 0 Å². The zero-order valence-corrected chi connectivity index (χ0v) is 17.4. The van der Waals surface area contributed by atoms with E-state index >= 15 is 0 Å². The fourth-order valence-corrected chi connectivity index (χ4v) is 5.29. The molecule has 3 aliphatic rings. The van der Waals surface area contributed by atoms with Crippen molar-refractivity contribution in [2.45, 2.75) is 78.1 Å². The van der Waals surface area contributed by atoms with Crippen LogP contribution in [0.3, 0.4) is 0 Å². The fraction of sp³-hybridized carbons (Fsp3) is 0.682. The van der Waals surface area contributed by atoms with E-state index in [0.29, 0.717) is 18.4 Å². The van der Waals surface area contributed by atoms with Gasteiger partial charge in [-0.3, -0.25) is 4.79 Å². The highest BCUT2D eigenvalue weighted by Crippen LogP contribution is 2.59. The van der Waals surface area contributed by atoms with Gasteiger partial charge in [-0.1, -0.05) is 25.2 Å². The summed E-state index contributed by atoms with van der Waals surface area (Å²) in [5.74, 6) is -1.69. The van der Waals surface area contributed by atoms with Gasteiger partial charge in [-0.15, -0.1) is 0 Å². The summed E-state index contributed by atoms with van der Waals surface area (Å²) in [4.78, 5) is 36.8. The topological polar surface area (TPSA) is 78.9 Å². The number of hydrogen-bond acceptors (Lipinski definition) is 6. The quantitative estimate of drug-likeness (QED) is 0.318. The van der Waals surface area contributed by atoms with Crippen LogP contribution in [0.4, 0.5) is 0 Å². The van der Waals surface area contributed by atoms with Crippen LogP contribution in [0.15, 0.2) is 23.8 Å². The summed E-state index contributed by atoms with van der Waals surface area (Å²) in [6.45, 7) is 12.8. The third-order valence-electron chi connectivity index (χ3n) is 7.06. The molecule has 0 aromatic rings. The molecule has 1 heterocycles. The Hall–Kier alpha value is -2.11. The Bertz CT molecular complexity index is 752. The first-order valence-corrected chi connectivity index (χ1v) is 9.96. The van der Waals surface area contributed by atoms with E-state index in [9.17, 15) is 14.4 Å². The number of ether oxygens (including phenoxy) is 3. The SMILES string of the molecule is C=C1CCC(OC(C)=O)C2(C)CCC3C(OC(=O)C3(C)OC(=O)C(C)=CC)C12. The van der Waals surface area contributed by atoms with E-state index in [2.05, 4.69) is 13.5 Å². The summed E-state index contributed by atoms with van der Waals surface area (Å²) in [5.41, 5.74) is -0.206. The van der Waals surface area contributed by atoms with Crippen LogP contribution in [0.1, 0.15) is 60.3 Å². The van der Waals surface area contributed by atoms with Gasteiger partial charge in [0.25, 0.3) is 0 Å². The maximum absolute atomic E-state index is 12.8. The molecule has 0 aromatic carbocycles. The number of rotatable bonds is 3. The summed E-state index contributed by atoms with van der Waals surface area (Å²) in [5, 5.41) is 0. The number of fused-ring (bicyclic) bond motifs is 3. The molecule has 0 aromatic heterocycles. The van der Waals surface area contributed by atoms with Crippen molar-refractivity contribution in [1.29, 1.82) is 0 Å². The van der Waals surface area contributed by atoms with Gasteiger partial charge in [0.2, 0.25) is 5.60 Å². The molecule has 2 saturated carbocycles. The van der Waals surface area contributed by atoms with Gasteiger partial charge in [0.15, 0.2) is 0 Å². The van der Waals surface area contributed by atoms with Gasteiger partial charge in [-0.2, -0.15) is 0 Å². The predicted octanol–water partition coefficient (Wildman–Crippen LogP) is 3.49. The normalized spacial score (nSPS) is 40.2. The molecule has 3 rings (SSSR count). The van der Waals surface area contributed by atoms with Crippen LogP contribution in [0.2, 0.25) is 0 Å². The monoisotopic (exact) mass is 390 g/mol. The van der Waals surface area contributed by atoms with Crippen LogP contribution in [0.5, 0.6) is 0 Å². The molecule has 154 valence electrons. The number of esters is 3. The van der Waals surface area contributed by atoms with E-state index in [0.717, 1.165) is 18.4 Å². The Labute approximate surface area is 166 Å². The lowest BCUT2D eigenvalue weighted by molar-refractivity contribution is -0.171. The van der Waals surface area contributed by atoms with E-state index in [1.165, 1.54) is 6.92 Å². The molecule has 6 atom stereocenters. The highest BCUT2D eigenvalue weighted by atomic mass is 16.6. The largest absolute Gasteiger partial charge is 0.462 e. The van der Waals surface area contributed by atoms with Crippen LogP contribution < -0.4 is 0 Å². The number of hydrogen-bond donors (Lipinski definition) is 0. The Morgan fingerprint density at radius 3 is 2.54 bits per heavy atom. The van der Waals surface area contributed by atoms with Crippen molar-refractivity contribution in [2.75, 3.05) is 0 Å². The molecule has 0 N–H and O–H groups in total. The fourth-order valence-electron chi connectivity index (χ4n) is 5.29. The molecule has 6 heteroatoms. The molecule has 0 bridgehead atoms. The summed E-state index contributed by atoms with van der Waals surface area (Å²) in [6.07, 6.45) is 3.82. The highest BCUT2D eigenvalue weighted by Gasteiger charge is 2.66. The third-order valence-corrected chi connectivity index (χ3v) is 7.06. The standard InChI is InChI=1S/C22H30O6/c1-7-12(2)19(24)28-22(6)15-10-11-21(5)16(26-14(4)23)9-8-13(3)17(21)18(15)27-20(22)25/h7,15-18H,3,8-11H2,1-2,4-6H3. The Kier molecular flexibility index (Phi) is 5.19. The minimum Gasteiger partial charge on any atom is -0.462 e. The number of carbonyl (C=O) groups is 3. The van der Waals surface area contributed by atoms with Crippen LogP contribution in [-0.2, 0) is 28.6 Å². The molecule has 6 nitrogen and oxygen atoms in total. The maximum atomic E-state index is 12.8. The highest BCUT2D eigenvalue weighted by molar-refractivity contribution is 5.92. The Morgan fingerprint density at radius 2 is 1.93 bits per heavy atom. The van der Waals surface area contributed by atoms with Gasteiger partial charge in [0, 0.05) is 29.7 Å². The van der Waals surface area contributed by atoms with Crippen LogP contribution in [-0.4, -0.2) is 35.7 Å². The van der Waals surface area contributed by atoms with Gasteiger partial charge in [0.05, 0.1) is 0 Å². The Balaban J connectivity index is 1.92. The lowest BCUT2D eigenvalue weighted by Crippen LogP contribution is -2.56. The molecule has 6 unspecified atom stereocenters. The maximum Gasteiger partial charge on any atom is 0.351 e. The van der Waals surface area contributed by atoms with Crippen LogP contribution in [0.25, 0.3) is 0 Å². The van der Waals surface area contributed by atoms with E-state index in [-0.39, 0.29) is 29.3 Å². The molecule has 1 saturated heterocycles. The second kappa shape index (κ2) is 7.05. The first-order chi connectivity index (χ1) is 13.0. The molecular weight excluding hydrogens is 360 g/mol. The van der Waals surface area contributed by atoms with E-state index in [1.54, 1.807) is 26.8 Å². The Morgan fingerprint density at radius 1 is 1.25 bits per heavy atom. The molecule has 1 aliphatic heterocycles. The average Bonchev–Trinajstić information content (AvgIpc) is 2.86. The predicted molar refractivity (Wildman–Crippen MR) is 102 cm³/mol. The molecule has 0 spiro atoms. The van der Waals surface area contributed by atoms with Gasteiger partial charge in [-0.25, -0.2) is 9.59 Å². The zero-order chi connectivity index (χ0) is 20.9. The molecule has 2 aliphatic carbocycles. The van der Waals surface area contributed by atoms with Crippen LogP contribution >= 0.6 is 0 Å². The van der Waals surface area contributed by atoms with Crippen molar-refractivity contribution in [1.82, 2.24) is 0 Å². The van der Waals surface area contributed by atoms with Crippen molar-refractivity contribution in [2.24, 2.45) is 17.3 Å². The van der Waals surface area contributed by atoms with Crippen LogP contribution in [0, 0.1) is 17.3 Å². The van der Waals surface area contributed by atoms with Gasteiger partial charge >= 0.3 is 17.9 Å². The van der Waals surface area contributed by atoms with E-state index in [1.807, 2.05) is 0 Å². The summed E-state index contributed by atoms with van der Waals surface area (Å²) >= 11 is 0. The minimum atomic E-state index is -1.32. The molecular formula is C22H30O6. The van der Waals surface area contributed by atoms with Gasteiger partial charge in [-0.05, 0) is 46.5 Å². The minimum absolute atomic E-state index is 0.128. The van der Waals surface area contributed by atoms with Gasteiger partial charge < -0.3 is 14.2 Å². The van der Waals surface area contributed by atoms with Gasteiger partial charge in [0.1, 0.15) is 12.2 Å². The smallest absolute Gasteiger partial charge is 0.351 e. The van der Waals surface area contributed by atoms with Crippen molar-refractivity contribution >= 4 is 17.9 Å². The van der Waals surface area contributed by atoms with E-state index < -0.39 is 23.6 Å². The summed E-state index contributed by atoms with van der Waals surface area (Å²) in [7, 11) is 0. The average molecular weight is 390 g/mol. The molecule has 3 fully saturated rings. The zero-order valence-electron chi connectivity index (χ0n) is 17.4. The second-order valence-corrected chi connectivity index (χ2v) is 8.76. The third kappa shape index (κ3) is 3.07. The number of allylic oxidation sites excluding steroid dienone is 1. The molecule has 0 amide bonds. The lowest BCUT2D eigenvalue weighted by Gasteiger charge is -2.54. The van der Waals surface area contributed by atoms with Crippen molar-refractivity contribution in [3.05, 3.63) is 23.8 Å². The number of carbonyl (C=O) groups excluding carboxylic acids is 3. The first kappa shape index (κ1) is 20.6.